The standard InChI is InChI=1S/C18H23ClN2O3S/c1-13-8-9-18(16(19)10-13)25(22,23)20-12-17(21(2)3)14-6-5-7-15(11-14)24-4/h5-11,17,20H,12H2,1-4H3. The van der Waals surface area contributed by atoms with Gasteiger partial charge >= 0.3 is 0 Å². The molecule has 0 fully saturated rings. The maximum atomic E-state index is 12.6. The molecule has 1 unspecified atom stereocenters. The number of methoxy groups -OCH3 is 1. The molecule has 0 aliphatic heterocycles. The van der Waals surface area contributed by atoms with Gasteiger partial charge in [0, 0.05) is 12.6 Å². The molecule has 0 spiro atoms. The SMILES string of the molecule is COc1cccc(C(CNS(=O)(=O)c2ccc(C)cc2Cl)N(C)C)c1. The number of halogens is 1. The predicted molar refractivity (Wildman–Crippen MR) is 101 cm³/mol. The summed E-state index contributed by atoms with van der Waals surface area (Å²) in [6.45, 7) is 2.08. The summed E-state index contributed by atoms with van der Waals surface area (Å²) in [5.41, 5.74) is 1.87. The molecular weight excluding hydrogens is 360 g/mol. The number of rotatable bonds is 7. The minimum atomic E-state index is -3.70. The van der Waals surface area contributed by atoms with Crippen LogP contribution in [0.1, 0.15) is 17.2 Å². The summed E-state index contributed by atoms with van der Waals surface area (Å²) in [5, 5.41) is 0.218. The van der Waals surface area contributed by atoms with Gasteiger partial charge in [-0.1, -0.05) is 29.8 Å². The lowest BCUT2D eigenvalue weighted by molar-refractivity contribution is 0.298. The number of likely N-dealkylation sites (N-methyl/N-ethyl adjacent to an activating group) is 1. The van der Waals surface area contributed by atoms with Crippen LogP contribution in [0.4, 0.5) is 0 Å². The molecule has 0 bridgehead atoms. The average molecular weight is 383 g/mol. The highest BCUT2D eigenvalue weighted by Gasteiger charge is 2.22. The lowest BCUT2D eigenvalue weighted by Gasteiger charge is -2.25. The van der Waals surface area contributed by atoms with Crippen LogP contribution < -0.4 is 9.46 Å². The number of sulfonamides is 1. The van der Waals surface area contributed by atoms with Gasteiger partial charge in [-0.15, -0.1) is 0 Å². The number of aryl methyl sites for hydroxylation is 1. The molecule has 1 atom stereocenters. The van der Waals surface area contributed by atoms with E-state index in [0.29, 0.717) is 0 Å². The number of benzene rings is 2. The van der Waals surface area contributed by atoms with Crippen LogP contribution in [0.2, 0.25) is 5.02 Å². The minimum Gasteiger partial charge on any atom is -0.497 e. The van der Waals surface area contributed by atoms with Crippen molar-refractivity contribution in [2.24, 2.45) is 0 Å². The molecule has 7 heteroatoms. The van der Waals surface area contributed by atoms with Crippen molar-refractivity contribution < 1.29 is 13.2 Å². The van der Waals surface area contributed by atoms with Crippen molar-refractivity contribution in [3.05, 3.63) is 58.6 Å². The van der Waals surface area contributed by atoms with E-state index in [1.165, 1.54) is 6.07 Å². The minimum absolute atomic E-state index is 0.0860. The molecule has 0 heterocycles. The molecule has 1 N–H and O–H groups in total. The van der Waals surface area contributed by atoms with E-state index in [-0.39, 0.29) is 22.5 Å². The molecule has 2 rings (SSSR count). The number of hydrogen-bond acceptors (Lipinski definition) is 4. The summed E-state index contributed by atoms with van der Waals surface area (Å²) in [4.78, 5) is 2.04. The zero-order chi connectivity index (χ0) is 18.6. The van der Waals surface area contributed by atoms with E-state index in [0.717, 1.165) is 16.9 Å². The Kier molecular flexibility index (Phi) is 6.46. The Labute approximate surface area is 154 Å². The van der Waals surface area contributed by atoms with Crippen molar-refractivity contribution in [1.82, 2.24) is 9.62 Å². The van der Waals surface area contributed by atoms with Crippen molar-refractivity contribution in [3.63, 3.8) is 0 Å². The molecule has 2 aromatic carbocycles. The van der Waals surface area contributed by atoms with Crippen molar-refractivity contribution in [3.8, 4) is 5.75 Å². The topological polar surface area (TPSA) is 58.6 Å². The van der Waals surface area contributed by atoms with Gasteiger partial charge in [-0.3, -0.25) is 0 Å². The zero-order valence-corrected chi connectivity index (χ0v) is 16.4. The van der Waals surface area contributed by atoms with Crippen LogP contribution in [0.25, 0.3) is 0 Å². The van der Waals surface area contributed by atoms with E-state index in [4.69, 9.17) is 16.3 Å². The van der Waals surface area contributed by atoms with E-state index in [2.05, 4.69) is 4.72 Å². The van der Waals surface area contributed by atoms with Crippen LogP contribution in [-0.2, 0) is 10.0 Å². The summed E-state index contributed by atoms with van der Waals surface area (Å²) in [5.74, 6) is 0.730. The Balaban J connectivity index is 2.23. The lowest BCUT2D eigenvalue weighted by atomic mass is 10.1. The van der Waals surface area contributed by atoms with Crippen LogP contribution in [0.3, 0.4) is 0 Å². The Morgan fingerprint density at radius 1 is 1.20 bits per heavy atom. The molecule has 5 nitrogen and oxygen atoms in total. The Bertz CT molecular complexity index is 838. The highest BCUT2D eigenvalue weighted by atomic mass is 35.5. The molecule has 0 aliphatic carbocycles. The molecule has 2 aromatic rings. The molecule has 0 saturated heterocycles. The van der Waals surface area contributed by atoms with Crippen molar-refractivity contribution in [2.75, 3.05) is 27.7 Å². The number of ether oxygens (including phenoxy) is 1. The quantitative estimate of drug-likeness (QED) is 0.798. The fourth-order valence-corrected chi connectivity index (χ4v) is 4.17. The first kappa shape index (κ1) is 19.7. The second-order valence-corrected chi connectivity index (χ2v) is 8.18. The smallest absolute Gasteiger partial charge is 0.242 e. The molecule has 0 amide bonds. The monoisotopic (exact) mass is 382 g/mol. The van der Waals surface area contributed by atoms with Crippen molar-refractivity contribution in [2.45, 2.75) is 17.9 Å². The third kappa shape index (κ3) is 4.95. The van der Waals surface area contributed by atoms with Gasteiger partial charge in [-0.05, 0) is 56.4 Å². The fourth-order valence-electron chi connectivity index (χ4n) is 2.54. The van der Waals surface area contributed by atoms with Crippen LogP contribution in [0, 0.1) is 6.92 Å². The van der Waals surface area contributed by atoms with Crippen LogP contribution >= 0.6 is 11.6 Å². The van der Waals surface area contributed by atoms with Gasteiger partial charge in [0.25, 0.3) is 0 Å². The third-order valence-electron chi connectivity index (χ3n) is 3.95. The number of nitrogens with one attached hydrogen (secondary N) is 1. The van der Waals surface area contributed by atoms with Crippen LogP contribution in [-0.4, -0.2) is 41.1 Å². The predicted octanol–water partition coefficient (Wildman–Crippen LogP) is 3.24. The van der Waals surface area contributed by atoms with Gasteiger partial charge < -0.3 is 9.64 Å². The first-order chi connectivity index (χ1) is 11.7. The summed E-state index contributed by atoms with van der Waals surface area (Å²) in [7, 11) is 1.70. The van der Waals surface area contributed by atoms with Gasteiger partial charge in [0.05, 0.1) is 12.1 Å². The van der Waals surface area contributed by atoms with E-state index in [1.807, 2.05) is 50.2 Å². The van der Waals surface area contributed by atoms with Crippen molar-refractivity contribution in [1.29, 1.82) is 0 Å². The van der Waals surface area contributed by atoms with Gasteiger partial charge in [0.15, 0.2) is 0 Å². The molecule has 0 radical (unpaired) electrons. The maximum absolute atomic E-state index is 12.6. The van der Waals surface area contributed by atoms with Gasteiger partial charge in [0.2, 0.25) is 10.0 Å². The van der Waals surface area contributed by atoms with E-state index < -0.39 is 10.0 Å². The second-order valence-electron chi connectivity index (χ2n) is 6.04. The van der Waals surface area contributed by atoms with E-state index >= 15 is 0 Å². The molecular formula is C18H23ClN2O3S. The number of nitrogens with zero attached hydrogens (tertiary/aromatic N) is 1. The molecule has 0 aromatic heterocycles. The van der Waals surface area contributed by atoms with Gasteiger partial charge in [-0.25, -0.2) is 13.1 Å². The lowest BCUT2D eigenvalue weighted by Crippen LogP contribution is -2.34. The van der Waals surface area contributed by atoms with E-state index in [1.54, 1.807) is 19.2 Å². The van der Waals surface area contributed by atoms with Gasteiger partial charge in [0.1, 0.15) is 10.6 Å². The summed E-state index contributed by atoms with van der Waals surface area (Å²) in [6.07, 6.45) is 0. The second kappa shape index (κ2) is 8.19. The first-order valence-electron chi connectivity index (χ1n) is 7.81. The molecule has 25 heavy (non-hydrogen) atoms. The largest absolute Gasteiger partial charge is 0.497 e. The highest BCUT2D eigenvalue weighted by molar-refractivity contribution is 7.89. The average Bonchev–Trinajstić information content (AvgIpc) is 2.54. The summed E-state index contributed by atoms with van der Waals surface area (Å²) in [6, 6.07) is 12.3. The fraction of sp³-hybridized carbons (Fsp3) is 0.333. The van der Waals surface area contributed by atoms with Crippen LogP contribution in [0.15, 0.2) is 47.4 Å². The van der Waals surface area contributed by atoms with E-state index in [9.17, 15) is 8.42 Å². The number of hydrogen-bond donors (Lipinski definition) is 1. The summed E-state index contributed by atoms with van der Waals surface area (Å²) < 4.78 is 33.1. The molecule has 0 saturated carbocycles. The Morgan fingerprint density at radius 3 is 2.52 bits per heavy atom. The van der Waals surface area contributed by atoms with Gasteiger partial charge in [-0.2, -0.15) is 0 Å². The Hall–Kier alpha value is -1.60. The molecule has 136 valence electrons. The first-order valence-corrected chi connectivity index (χ1v) is 9.67. The molecule has 0 aliphatic rings. The normalized spacial score (nSPS) is 13.0. The zero-order valence-electron chi connectivity index (χ0n) is 14.8. The summed E-state index contributed by atoms with van der Waals surface area (Å²) >= 11 is 6.10. The highest BCUT2D eigenvalue weighted by Crippen LogP contribution is 2.25. The Morgan fingerprint density at radius 2 is 1.92 bits per heavy atom. The third-order valence-corrected chi connectivity index (χ3v) is 5.85. The maximum Gasteiger partial charge on any atom is 0.242 e. The van der Waals surface area contributed by atoms with Crippen molar-refractivity contribution >= 4 is 21.6 Å². The van der Waals surface area contributed by atoms with Crippen LogP contribution in [0.5, 0.6) is 5.75 Å².